The van der Waals surface area contributed by atoms with Crippen LogP contribution in [-0.2, 0) is 4.74 Å². The van der Waals surface area contributed by atoms with Crippen molar-refractivity contribution in [3.8, 4) is 10.4 Å². The molecule has 1 aromatic carbocycles. The Morgan fingerprint density at radius 1 is 1.23 bits per heavy atom. The van der Waals surface area contributed by atoms with Crippen molar-refractivity contribution in [2.75, 3.05) is 20.2 Å². The van der Waals surface area contributed by atoms with Crippen molar-refractivity contribution in [3.05, 3.63) is 47.1 Å². The van der Waals surface area contributed by atoms with Crippen LogP contribution in [0.25, 0.3) is 10.4 Å². The second-order valence-corrected chi connectivity index (χ2v) is 6.45. The second kappa shape index (κ2) is 6.58. The van der Waals surface area contributed by atoms with Gasteiger partial charge in [0.1, 0.15) is 5.82 Å². The lowest BCUT2D eigenvalue weighted by Gasteiger charge is -2.30. The topological polar surface area (TPSA) is 29.5 Å². The maximum atomic E-state index is 13.8. The Balaban J connectivity index is 1.74. The highest BCUT2D eigenvalue weighted by Gasteiger charge is 2.24. The van der Waals surface area contributed by atoms with Gasteiger partial charge in [-0.2, -0.15) is 0 Å². The van der Waals surface area contributed by atoms with Gasteiger partial charge in [0.2, 0.25) is 0 Å². The van der Waals surface area contributed by atoms with Crippen molar-refractivity contribution < 1.29 is 13.9 Å². The number of carbonyl (C=O) groups excluding carboxylic acids is 1. The lowest BCUT2D eigenvalue weighted by Crippen LogP contribution is -2.40. The van der Waals surface area contributed by atoms with E-state index in [2.05, 4.69) is 0 Å². The molecule has 1 saturated heterocycles. The Morgan fingerprint density at radius 2 is 1.95 bits per heavy atom. The molecule has 0 radical (unpaired) electrons. The lowest BCUT2D eigenvalue weighted by molar-refractivity contribution is 0.0353. The molecule has 0 aliphatic carbocycles. The maximum Gasteiger partial charge on any atom is 0.263 e. The Bertz CT molecular complexity index is 662. The number of halogens is 1. The van der Waals surface area contributed by atoms with Gasteiger partial charge in [0.05, 0.1) is 11.0 Å². The minimum Gasteiger partial charge on any atom is -0.381 e. The number of thiophene rings is 1. The molecule has 22 heavy (non-hydrogen) atoms. The summed E-state index contributed by atoms with van der Waals surface area (Å²) in [7, 11) is 1.71. The SMILES string of the molecule is COC1CCN(C(=O)c2ccc(-c3ccccc3F)s2)CC1. The molecule has 1 amide bonds. The molecule has 0 spiro atoms. The smallest absolute Gasteiger partial charge is 0.263 e. The van der Waals surface area contributed by atoms with Gasteiger partial charge in [-0.3, -0.25) is 4.79 Å². The second-order valence-electron chi connectivity index (χ2n) is 5.37. The monoisotopic (exact) mass is 319 g/mol. The Labute approximate surface area is 133 Å². The highest BCUT2D eigenvalue weighted by atomic mass is 32.1. The largest absolute Gasteiger partial charge is 0.381 e. The maximum absolute atomic E-state index is 13.8. The predicted octanol–water partition coefficient (Wildman–Crippen LogP) is 3.81. The van der Waals surface area contributed by atoms with Crippen molar-refractivity contribution in [2.24, 2.45) is 0 Å². The molecule has 2 heterocycles. The molecule has 0 atom stereocenters. The standard InChI is InChI=1S/C17H18FNO2S/c1-21-12-8-10-19(11-9-12)17(20)16-7-6-15(22-16)13-4-2-3-5-14(13)18/h2-7,12H,8-11H2,1H3. The van der Waals surface area contributed by atoms with E-state index in [0.717, 1.165) is 17.7 Å². The molecular weight excluding hydrogens is 301 g/mol. The van der Waals surface area contributed by atoms with Crippen LogP contribution in [0.2, 0.25) is 0 Å². The summed E-state index contributed by atoms with van der Waals surface area (Å²) in [6.07, 6.45) is 1.99. The first kappa shape index (κ1) is 15.2. The van der Waals surface area contributed by atoms with Crippen LogP contribution in [-0.4, -0.2) is 37.1 Å². The van der Waals surface area contributed by atoms with E-state index in [0.29, 0.717) is 23.5 Å². The van der Waals surface area contributed by atoms with Gasteiger partial charge in [-0.25, -0.2) is 4.39 Å². The van der Waals surface area contributed by atoms with Crippen molar-refractivity contribution in [1.82, 2.24) is 4.90 Å². The van der Waals surface area contributed by atoms with Crippen LogP contribution in [0.1, 0.15) is 22.5 Å². The number of hydrogen-bond acceptors (Lipinski definition) is 3. The molecule has 3 nitrogen and oxygen atoms in total. The van der Waals surface area contributed by atoms with Crippen LogP contribution in [0, 0.1) is 5.82 Å². The van der Waals surface area contributed by atoms with Gasteiger partial charge in [-0.15, -0.1) is 11.3 Å². The van der Waals surface area contributed by atoms with Crippen LogP contribution >= 0.6 is 11.3 Å². The van der Waals surface area contributed by atoms with Gasteiger partial charge >= 0.3 is 0 Å². The number of carbonyl (C=O) groups is 1. The van der Waals surface area contributed by atoms with Crippen LogP contribution in [0.4, 0.5) is 4.39 Å². The van der Waals surface area contributed by atoms with Crippen molar-refractivity contribution in [3.63, 3.8) is 0 Å². The van der Waals surface area contributed by atoms with Gasteiger partial charge in [-0.1, -0.05) is 18.2 Å². The highest BCUT2D eigenvalue weighted by Crippen LogP contribution is 2.31. The van der Waals surface area contributed by atoms with Gasteiger partial charge in [-0.05, 0) is 31.0 Å². The van der Waals surface area contributed by atoms with Gasteiger partial charge in [0, 0.05) is 30.6 Å². The average molecular weight is 319 g/mol. The number of methoxy groups -OCH3 is 1. The first-order chi connectivity index (χ1) is 10.7. The molecule has 0 N–H and O–H groups in total. The first-order valence-corrected chi connectivity index (χ1v) is 8.17. The number of hydrogen-bond donors (Lipinski definition) is 0. The summed E-state index contributed by atoms with van der Waals surface area (Å²) in [4.78, 5) is 15.8. The van der Waals surface area contributed by atoms with Crippen LogP contribution < -0.4 is 0 Å². The summed E-state index contributed by atoms with van der Waals surface area (Å²) in [5.74, 6) is -0.230. The summed E-state index contributed by atoms with van der Waals surface area (Å²) in [5, 5.41) is 0. The lowest BCUT2D eigenvalue weighted by atomic mass is 10.1. The van der Waals surface area contributed by atoms with Crippen molar-refractivity contribution >= 4 is 17.2 Å². The molecule has 116 valence electrons. The number of rotatable bonds is 3. The van der Waals surface area contributed by atoms with E-state index < -0.39 is 0 Å². The van der Waals surface area contributed by atoms with Crippen LogP contribution in [0.3, 0.4) is 0 Å². The molecule has 0 saturated carbocycles. The molecule has 1 fully saturated rings. The highest BCUT2D eigenvalue weighted by molar-refractivity contribution is 7.17. The molecular formula is C17H18FNO2S. The van der Waals surface area contributed by atoms with E-state index in [-0.39, 0.29) is 17.8 Å². The molecule has 0 unspecified atom stereocenters. The Kier molecular flexibility index (Phi) is 4.55. The zero-order valence-electron chi connectivity index (χ0n) is 12.4. The van der Waals surface area contributed by atoms with Crippen LogP contribution in [0.15, 0.2) is 36.4 Å². The summed E-state index contributed by atoms with van der Waals surface area (Å²) >= 11 is 1.35. The number of amides is 1. The Morgan fingerprint density at radius 3 is 2.64 bits per heavy atom. The molecule has 1 aromatic heterocycles. The van der Waals surface area contributed by atoms with E-state index in [4.69, 9.17) is 4.74 Å². The van der Waals surface area contributed by atoms with Gasteiger partial charge in [0.25, 0.3) is 5.91 Å². The fourth-order valence-corrected chi connectivity index (χ4v) is 3.71. The van der Waals surface area contributed by atoms with E-state index >= 15 is 0 Å². The van der Waals surface area contributed by atoms with Gasteiger partial charge < -0.3 is 9.64 Å². The van der Waals surface area contributed by atoms with E-state index in [1.165, 1.54) is 17.4 Å². The fourth-order valence-electron chi connectivity index (χ4n) is 2.71. The fraction of sp³-hybridized carbons (Fsp3) is 0.353. The normalized spacial score (nSPS) is 16.0. The summed E-state index contributed by atoms with van der Waals surface area (Å²) in [5.41, 5.74) is 0.546. The third-order valence-corrected chi connectivity index (χ3v) is 5.13. The summed E-state index contributed by atoms with van der Waals surface area (Å²) in [6, 6.07) is 10.2. The number of ether oxygens (including phenoxy) is 1. The molecule has 1 aliphatic rings. The molecule has 3 rings (SSSR count). The summed E-state index contributed by atoms with van der Waals surface area (Å²) < 4.78 is 19.1. The molecule has 5 heteroatoms. The third-order valence-electron chi connectivity index (χ3n) is 4.02. The number of piperidine rings is 1. The third kappa shape index (κ3) is 3.05. The Hall–Kier alpha value is -1.72. The van der Waals surface area contributed by atoms with Gasteiger partial charge in [0.15, 0.2) is 0 Å². The van der Waals surface area contributed by atoms with E-state index in [1.807, 2.05) is 11.0 Å². The number of benzene rings is 1. The molecule has 0 bridgehead atoms. The summed E-state index contributed by atoms with van der Waals surface area (Å²) in [6.45, 7) is 1.43. The zero-order chi connectivity index (χ0) is 15.5. The predicted molar refractivity (Wildman–Crippen MR) is 85.6 cm³/mol. The molecule has 1 aliphatic heterocycles. The van der Waals surface area contributed by atoms with Crippen molar-refractivity contribution in [2.45, 2.75) is 18.9 Å². The van der Waals surface area contributed by atoms with Crippen molar-refractivity contribution in [1.29, 1.82) is 0 Å². The first-order valence-electron chi connectivity index (χ1n) is 7.36. The number of nitrogens with zero attached hydrogens (tertiary/aromatic N) is 1. The molecule has 2 aromatic rings. The average Bonchev–Trinajstić information content (AvgIpc) is 3.04. The van der Waals surface area contributed by atoms with Crippen LogP contribution in [0.5, 0.6) is 0 Å². The minimum atomic E-state index is -0.260. The quantitative estimate of drug-likeness (QED) is 0.861. The minimum absolute atomic E-state index is 0.0298. The van der Waals surface area contributed by atoms with E-state index in [9.17, 15) is 9.18 Å². The number of likely N-dealkylation sites (tertiary alicyclic amines) is 1. The van der Waals surface area contributed by atoms with E-state index in [1.54, 1.807) is 31.4 Å². The zero-order valence-corrected chi connectivity index (χ0v) is 13.2.